The van der Waals surface area contributed by atoms with Gasteiger partial charge in [-0.2, -0.15) is 22.0 Å². The van der Waals surface area contributed by atoms with Gasteiger partial charge in [0.1, 0.15) is 17.3 Å². The second kappa shape index (κ2) is 13.7. The van der Waals surface area contributed by atoms with Crippen molar-refractivity contribution >= 4 is 11.2 Å². The molecule has 2 N–H and O–H groups in total. The van der Waals surface area contributed by atoms with Gasteiger partial charge in [-0.3, -0.25) is 0 Å². The summed E-state index contributed by atoms with van der Waals surface area (Å²) in [5.74, 6) is -1.91. The fraction of sp³-hybridized carbons (Fsp3) is 0.812. The van der Waals surface area contributed by atoms with Crippen molar-refractivity contribution in [3.05, 3.63) is 29.3 Å². The molecule has 1 aromatic rings. The van der Waals surface area contributed by atoms with Crippen molar-refractivity contribution in [2.45, 2.75) is 127 Å². The zero-order valence-corrected chi connectivity index (χ0v) is 25.1. The fourth-order valence-corrected chi connectivity index (χ4v) is 9.48. The van der Waals surface area contributed by atoms with E-state index in [4.69, 9.17) is 0 Å². The predicted molar refractivity (Wildman–Crippen MR) is 153 cm³/mol. The van der Waals surface area contributed by atoms with Crippen LogP contribution >= 0.6 is 0 Å². The maximum atomic E-state index is 13.0. The van der Waals surface area contributed by atoms with Crippen LogP contribution in [0.2, 0.25) is 0 Å². The molecule has 0 saturated heterocycles. The molecule has 2 fully saturated rings. The quantitative estimate of drug-likeness (QED) is 0.127. The summed E-state index contributed by atoms with van der Waals surface area (Å²) in [4.78, 5) is 0. The van der Waals surface area contributed by atoms with E-state index in [0.717, 1.165) is 77.0 Å². The molecule has 3 aliphatic rings. The van der Waals surface area contributed by atoms with E-state index in [0.29, 0.717) is 41.6 Å². The smallest absolute Gasteiger partial charge is 0.453 e. The van der Waals surface area contributed by atoms with Gasteiger partial charge in [0.25, 0.3) is 0 Å². The molecular weight excluding hydrogens is 559 g/mol. The van der Waals surface area contributed by atoms with Gasteiger partial charge in [0.15, 0.2) is 0 Å². The third kappa shape index (κ3) is 7.72. The summed E-state index contributed by atoms with van der Waals surface area (Å²) in [6, 6.07) is 5.92. The maximum Gasteiger partial charge on any atom is 0.453 e. The van der Waals surface area contributed by atoms with Crippen LogP contribution in [0.4, 0.5) is 22.0 Å². The molecule has 0 bridgehead atoms. The molecule has 1 aromatic carbocycles. The number of aromatic hydroxyl groups is 1. The number of phenolic OH excluding ortho intramolecular Hbond substituents is 1. The van der Waals surface area contributed by atoms with Crippen molar-refractivity contribution in [3.63, 3.8) is 0 Å². The van der Waals surface area contributed by atoms with Crippen LogP contribution in [0.15, 0.2) is 18.2 Å². The summed E-state index contributed by atoms with van der Waals surface area (Å²) in [6.45, 7) is 2.30. The van der Waals surface area contributed by atoms with E-state index in [-0.39, 0.29) is 17.3 Å². The van der Waals surface area contributed by atoms with Crippen LogP contribution in [-0.4, -0.2) is 44.5 Å². The van der Waals surface area contributed by atoms with Crippen LogP contribution in [0.5, 0.6) is 5.75 Å². The Labute approximate surface area is 244 Å². The first-order valence-electron chi connectivity index (χ1n) is 15.6. The van der Waals surface area contributed by atoms with Gasteiger partial charge < -0.3 is 14.8 Å². The molecule has 0 aromatic heterocycles. The van der Waals surface area contributed by atoms with Crippen molar-refractivity contribution in [1.29, 1.82) is 0 Å². The van der Waals surface area contributed by atoms with Gasteiger partial charge in [-0.15, -0.1) is 0 Å². The van der Waals surface area contributed by atoms with Gasteiger partial charge in [-0.1, -0.05) is 56.3 Å². The van der Waals surface area contributed by atoms with Crippen molar-refractivity contribution < 1.29 is 36.7 Å². The lowest BCUT2D eigenvalue weighted by Gasteiger charge is -2.53. The van der Waals surface area contributed by atoms with E-state index in [1.165, 1.54) is 11.1 Å². The molecule has 2 saturated carbocycles. The number of unbranched alkanes of at least 4 members (excludes halogenated alkanes) is 6. The van der Waals surface area contributed by atoms with Gasteiger partial charge in [0.2, 0.25) is 0 Å². The highest BCUT2D eigenvalue weighted by atomic mass is 32.2. The molecule has 3 unspecified atom stereocenters. The van der Waals surface area contributed by atoms with E-state index in [9.17, 15) is 36.7 Å². The molecule has 4 rings (SSSR count). The van der Waals surface area contributed by atoms with Gasteiger partial charge >= 0.3 is 12.1 Å². The Balaban J connectivity index is 1.15. The lowest BCUT2D eigenvalue weighted by molar-refractivity contribution is -0.284. The minimum Gasteiger partial charge on any atom is -0.616 e. The van der Waals surface area contributed by atoms with E-state index in [2.05, 4.69) is 13.0 Å². The second-order valence-electron chi connectivity index (χ2n) is 13.2. The molecule has 0 amide bonds. The number of hydrogen-bond acceptors (Lipinski definition) is 3. The Kier molecular flexibility index (Phi) is 11.0. The number of hydrogen-bond donors (Lipinski definition) is 2. The first-order valence-corrected chi connectivity index (χ1v) is 17.1. The summed E-state index contributed by atoms with van der Waals surface area (Å²) in [5.41, 5.74) is 2.73. The first kappa shape index (κ1) is 32.8. The Bertz CT molecular complexity index is 989. The monoisotopic (exact) mass is 606 g/mol. The molecule has 7 atom stereocenters. The van der Waals surface area contributed by atoms with Crippen molar-refractivity contribution in [2.75, 3.05) is 11.5 Å². The number of phenols is 1. The maximum absolute atomic E-state index is 13.0. The lowest BCUT2D eigenvalue weighted by atomic mass is 9.52. The minimum atomic E-state index is -5.54. The fourth-order valence-electron chi connectivity index (χ4n) is 8.28. The molecule has 3 nitrogen and oxygen atoms in total. The Morgan fingerprint density at radius 3 is 2.29 bits per heavy atom. The van der Waals surface area contributed by atoms with Crippen molar-refractivity contribution in [1.82, 2.24) is 0 Å². The molecule has 9 heteroatoms. The van der Waals surface area contributed by atoms with Crippen molar-refractivity contribution in [3.8, 4) is 5.75 Å². The number of alkyl halides is 5. The number of halogens is 5. The van der Waals surface area contributed by atoms with Crippen LogP contribution in [0, 0.1) is 23.2 Å². The van der Waals surface area contributed by atoms with Crippen LogP contribution < -0.4 is 0 Å². The minimum absolute atomic E-state index is 0.0195. The largest absolute Gasteiger partial charge is 0.616 e. The molecule has 0 heterocycles. The van der Waals surface area contributed by atoms with Gasteiger partial charge in [-0.25, -0.2) is 0 Å². The Morgan fingerprint density at radius 2 is 1.59 bits per heavy atom. The molecule has 0 radical (unpaired) electrons. The van der Waals surface area contributed by atoms with E-state index in [1.807, 2.05) is 12.1 Å². The molecular formula is C32H47F5O3S. The number of fused-ring (bicyclic) bond motifs is 5. The summed E-state index contributed by atoms with van der Waals surface area (Å²) in [6.07, 6.45) is 5.97. The molecule has 0 aliphatic heterocycles. The van der Waals surface area contributed by atoms with Gasteiger partial charge in [0.05, 0.1) is 6.10 Å². The molecule has 0 spiro atoms. The highest BCUT2D eigenvalue weighted by molar-refractivity contribution is 7.91. The molecule has 234 valence electrons. The second-order valence-corrected chi connectivity index (χ2v) is 14.9. The van der Waals surface area contributed by atoms with Gasteiger partial charge in [0, 0.05) is 6.42 Å². The number of aliphatic hydroxyl groups excluding tert-OH is 1. The van der Waals surface area contributed by atoms with E-state index >= 15 is 0 Å². The highest BCUT2D eigenvalue weighted by Crippen LogP contribution is 2.62. The summed E-state index contributed by atoms with van der Waals surface area (Å²) in [5, 5.41) is 21.0. The van der Waals surface area contributed by atoms with E-state index in [1.54, 1.807) is 0 Å². The Morgan fingerprint density at radius 1 is 0.927 bits per heavy atom. The van der Waals surface area contributed by atoms with Gasteiger partial charge in [-0.05, 0) is 110 Å². The molecule has 3 aliphatic carbocycles. The predicted octanol–water partition coefficient (Wildman–Crippen LogP) is 8.68. The third-order valence-corrected chi connectivity index (χ3v) is 12.0. The van der Waals surface area contributed by atoms with Crippen molar-refractivity contribution in [2.24, 2.45) is 23.2 Å². The summed E-state index contributed by atoms with van der Waals surface area (Å²) >= 11 is -1.35. The van der Waals surface area contributed by atoms with Crippen LogP contribution in [0.3, 0.4) is 0 Å². The summed E-state index contributed by atoms with van der Waals surface area (Å²) < 4.78 is 74.5. The topological polar surface area (TPSA) is 63.5 Å². The number of aliphatic hydroxyl groups is 1. The van der Waals surface area contributed by atoms with E-state index < -0.39 is 36.1 Å². The average Bonchev–Trinajstić information content (AvgIpc) is 3.20. The zero-order chi connectivity index (χ0) is 29.8. The average molecular weight is 607 g/mol. The number of rotatable bonds is 14. The Hall–Kier alpha value is -1.06. The van der Waals surface area contributed by atoms with Crippen LogP contribution in [0.1, 0.15) is 114 Å². The zero-order valence-electron chi connectivity index (χ0n) is 24.2. The normalized spacial score (nSPS) is 30.5. The number of benzene rings is 1. The SMILES string of the molecule is C[C@]12CC[C@@H]3c4ccc(O)cc4CC(CCCCCCCCC[S+]([O-])CCCC(F)(F)C(F)(F)F)[C@H]3[C@@H]1CCC2O. The van der Waals surface area contributed by atoms with Crippen LogP contribution in [-0.2, 0) is 17.6 Å². The first-order chi connectivity index (χ1) is 19.3. The highest BCUT2D eigenvalue weighted by Gasteiger charge is 2.57. The third-order valence-electron chi connectivity index (χ3n) is 10.6. The molecule has 41 heavy (non-hydrogen) atoms. The standard InChI is InChI=1S/C32H47F5O3S/c1-30-17-15-26-25-12-11-24(38)21-23(25)20-22(29(26)27(30)13-14-28(30)39)10-7-5-3-2-4-6-8-18-41(40)19-9-16-31(33,34)32(35,36)37/h11-12,21-22,26-29,38-39H,2-10,13-20H2,1H3/t22?,26-,27+,28?,29-,30+,41?/m1/s1. The lowest BCUT2D eigenvalue weighted by Crippen LogP contribution is -2.47. The van der Waals surface area contributed by atoms with Crippen LogP contribution in [0.25, 0.3) is 0 Å². The summed E-state index contributed by atoms with van der Waals surface area (Å²) in [7, 11) is 0.